The molecular formula is C28H31N3O6S. The molecule has 1 aliphatic rings. The van der Waals surface area contributed by atoms with Gasteiger partial charge in [-0.1, -0.05) is 30.3 Å². The summed E-state index contributed by atoms with van der Waals surface area (Å²) >= 11 is 0. The summed E-state index contributed by atoms with van der Waals surface area (Å²) in [6.45, 7) is 0.963. The van der Waals surface area contributed by atoms with Gasteiger partial charge in [0.25, 0.3) is 0 Å². The van der Waals surface area contributed by atoms with Crippen molar-refractivity contribution < 1.29 is 27.4 Å². The first kappa shape index (κ1) is 27.2. The Balaban J connectivity index is 1.25. The third-order valence-corrected chi connectivity index (χ3v) is 8.23. The van der Waals surface area contributed by atoms with E-state index in [1.165, 1.54) is 30.7 Å². The fraction of sp³-hybridized carbons (Fsp3) is 0.286. The number of methoxy groups -OCH3 is 2. The third-order valence-electron chi connectivity index (χ3n) is 6.33. The standard InChI is InChI=1S/C28H31N3O6S/c1-35-26-13-12-25(18-27(26)36-2)38(33,34)31-16-14-23(15-17-31)28(32)30-29-19-21-8-10-24(11-9-21)37-20-22-6-4-3-5-7-22/h3-13,18-19,23H,14-17,20H2,1-2H3,(H,30,32)/b29-19-. The van der Waals surface area contributed by atoms with E-state index in [1.54, 1.807) is 12.3 Å². The minimum absolute atomic E-state index is 0.124. The Morgan fingerprint density at radius 1 is 0.974 bits per heavy atom. The molecule has 0 spiro atoms. The quantitative estimate of drug-likeness (QED) is 0.311. The molecule has 0 aromatic heterocycles. The molecule has 1 saturated heterocycles. The number of rotatable bonds is 10. The number of sulfonamides is 1. The molecule has 1 fully saturated rings. The van der Waals surface area contributed by atoms with Crippen LogP contribution in [0.1, 0.15) is 24.0 Å². The van der Waals surface area contributed by atoms with E-state index < -0.39 is 10.0 Å². The van der Waals surface area contributed by atoms with Gasteiger partial charge in [0, 0.05) is 25.1 Å². The maximum absolute atomic E-state index is 13.1. The van der Waals surface area contributed by atoms with Gasteiger partial charge in [0.1, 0.15) is 12.4 Å². The van der Waals surface area contributed by atoms with Crippen LogP contribution in [0.15, 0.2) is 82.8 Å². The van der Waals surface area contributed by atoms with Crippen molar-refractivity contribution in [2.24, 2.45) is 11.0 Å². The first-order chi connectivity index (χ1) is 18.4. The minimum atomic E-state index is -3.72. The SMILES string of the molecule is COc1ccc(S(=O)(=O)N2CCC(C(=O)N/N=C\c3ccc(OCc4ccccc4)cc3)CC2)cc1OC. The molecule has 1 N–H and O–H groups in total. The van der Waals surface area contributed by atoms with Crippen molar-refractivity contribution >= 4 is 22.1 Å². The number of nitrogens with one attached hydrogen (secondary N) is 1. The summed E-state index contributed by atoms with van der Waals surface area (Å²) in [7, 11) is -0.772. The largest absolute Gasteiger partial charge is 0.493 e. The molecule has 200 valence electrons. The van der Waals surface area contributed by atoms with Crippen LogP contribution in [0.5, 0.6) is 17.2 Å². The molecule has 3 aromatic rings. The Morgan fingerprint density at radius 2 is 1.66 bits per heavy atom. The van der Waals surface area contributed by atoms with Crippen LogP contribution in [0.4, 0.5) is 0 Å². The molecule has 1 amide bonds. The van der Waals surface area contributed by atoms with Crippen LogP contribution < -0.4 is 19.6 Å². The molecule has 0 radical (unpaired) electrons. The number of ether oxygens (including phenoxy) is 3. The van der Waals surface area contributed by atoms with Gasteiger partial charge in [-0.05, 0) is 60.4 Å². The molecule has 3 aromatic carbocycles. The number of amides is 1. The number of carbonyl (C=O) groups is 1. The predicted molar refractivity (Wildman–Crippen MR) is 144 cm³/mol. The van der Waals surface area contributed by atoms with Crippen molar-refractivity contribution in [3.63, 3.8) is 0 Å². The van der Waals surface area contributed by atoms with Gasteiger partial charge in [0.2, 0.25) is 15.9 Å². The zero-order valence-electron chi connectivity index (χ0n) is 21.4. The van der Waals surface area contributed by atoms with Crippen molar-refractivity contribution in [1.82, 2.24) is 9.73 Å². The fourth-order valence-corrected chi connectivity index (χ4v) is 5.62. The topological polar surface area (TPSA) is 107 Å². The molecule has 0 atom stereocenters. The summed E-state index contributed by atoms with van der Waals surface area (Å²) in [6, 6.07) is 21.8. The second kappa shape index (κ2) is 12.6. The highest BCUT2D eigenvalue weighted by Crippen LogP contribution is 2.32. The smallest absolute Gasteiger partial charge is 0.243 e. The zero-order chi connectivity index (χ0) is 27.0. The lowest BCUT2D eigenvalue weighted by molar-refractivity contribution is -0.126. The number of hydrogen-bond acceptors (Lipinski definition) is 7. The number of benzene rings is 3. The average Bonchev–Trinajstić information content (AvgIpc) is 2.96. The second-order valence-corrected chi connectivity index (χ2v) is 10.7. The molecule has 10 heteroatoms. The third kappa shape index (κ3) is 6.70. The second-order valence-electron chi connectivity index (χ2n) is 8.77. The number of carbonyl (C=O) groups excluding carboxylic acids is 1. The normalized spacial score (nSPS) is 14.8. The lowest BCUT2D eigenvalue weighted by atomic mass is 9.98. The van der Waals surface area contributed by atoms with E-state index in [0.717, 1.165) is 16.9 Å². The van der Waals surface area contributed by atoms with Crippen LogP contribution in [0.2, 0.25) is 0 Å². The highest BCUT2D eigenvalue weighted by molar-refractivity contribution is 7.89. The van der Waals surface area contributed by atoms with Crippen molar-refractivity contribution in [2.45, 2.75) is 24.3 Å². The van der Waals surface area contributed by atoms with Gasteiger partial charge < -0.3 is 14.2 Å². The van der Waals surface area contributed by atoms with Gasteiger partial charge in [-0.15, -0.1) is 0 Å². The number of piperidine rings is 1. The first-order valence-corrected chi connectivity index (χ1v) is 13.7. The van der Waals surface area contributed by atoms with Crippen LogP contribution in [-0.2, 0) is 21.4 Å². The summed E-state index contributed by atoms with van der Waals surface area (Å²) in [6.07, 6.45) is 2.37. The molecule has 38 heavy (non-hydrogen) atoms. The lowest BCUT2D eigenvalue weighted by Crippen LogP contribution is -2.42. The Morgan fingerprint density at radius 3 is 2.32 bits per heavy atom. The van der Waals surface area contributed by atoms with E-state index in [1.807, 2.05) is 54.6 Å². The van der Waals surface area contributed by atoms with Crippen LogP contribution in [0, 0.1) is 5.92 Å². The maximum Gasteiger partial charge on any atom is 0.243 e. The number of hydrogen-bond donors (Lipinski definition) is 1. The minimum Gasteiger partial charge on any atom is -0.493 e. The molecular weight excluding hydrogens is 506 g/mol. The summed E-state index contributed by atoms with van der Waals surface area (Å²) < 4.78 is 43.8. The van der Waals surface area contributed by atoms with Gasteiger partial charge in [0.05, 0.1) is 25.3 Å². The Hall–Kier alpha value is -3.89. The van der Waals surface area contributed by atoms with E-state index in [9.17, 15) is 13.2 Å². The lowest BCUT2D eigenvalue weighted by Gasteiger charge is -2.30. The molecule has 0 aliphatic carbocycles. The van der Waals surface area contributed by atoms with Gasteiger partial charge in [-0.25, -0.2) is 13.8 Å². The van der Waals surface area contributed by atoms with Crippen LogP contribution in [0.25, 0.3) is 0 Å². The Kier molecular flexibility index (Phi) is 8.98. The van der Waals surface area contributed by atoms with Gasteiger partial charge in [0.15, 0.2) is 11.5 Å². The summed E-state index contributed by atoms with van der Waals surface area (Å²) in [5, 5.41) is 4.07. The number of hydrazone groups is 1. The highest BCUT2D eigenvalue weighted by Gasteiger charge is 2.32. The molecule has 0 unspecified atom stereocenters. The Bertz CT molecular complexity index is 1350. The molecule has 0 bridgehead atoms. The van der Waals surface area contributed by atoms with Crippen molar-refractivity contribution in [3.8, 4) is 17.2 Å². The fourth-order valence-electron chi connectivity index (χ4n) is 4.14. The van der Waals surface area contributed by atoms with Crippen molar-refractivity contribution in [3.05, 3.63) is 83.9 Å². The van der Waals surface area contributed by atoms with Gasteiger partial charge >= 0.3 is 0 Å². The van der Waals surface area contributed by atoms with E-state index in [-0.39, 0.29) is 29.8 Å². The molecule has 4 rings (SSSR count). The van der Waals surface area contributed by atoms with Crippen LogP contribution >= 0.6 is 0 Å². The summed E-state index contributed by atoms with van der Waals surface area (Å²) in [5.74, 6) is 0.986. The molecule has 1 heterocycles. The molecule has 0 saturated carbocycles. The average molecular weight is 538 g/mol. The number of nitrogens with zero attached hydrogens (tertiary/aromatic N) is 2. The monoisotopic (exact) mass is 537 g/mol. The predicted octanol–water partition coefficient (Wildman–Crippen LogP) is 3.83. The van der Waals surface area contributed by atoms with Gasteiger partial charge in [-0.3, -0.25) is 4.79 Å². The van der Waals surface area contributed by atoms with E-state index >= 15 is 0 Å². The maximum atomic E-state index is 13.1. The molecule has 1 aliphatic heterocycles. The van der Waals surface area contributed by atoms with Gasteiger partial charge in [-0.2, -0.15) is 9.41 Å². The summed E-state index contributed by atoms with van der Waals surface area (Å²) in [5.41, 5.74) is 4.48. The van der Waals surface area contributed by atoms with Crippen molar-refractivity contribution in [1.29, 1.82) is 0 Å². The highest BCUT2D eigenvalue weighted by atomic mass is 32.2. The van der Waals surface area contributed by atoms with Crippen LogP contribution in [-0.4, -0.2) is 52.2 Å². The summed E-state index contributed by atoms with van der Waals surface area (Å²) in [4.78, 5) is 12.7. The molecule has 9 nitrogen and oxygen atoms in total. The Labute approximate surface area is 223 Å². The van der Waals surface area contributed by atoms with E-state index in [2.05, 4.69) is 10.5 Å². The van der Waals surface area contributed by atoms with Crippen LogP contribution in [0.3, 0.4) is 0 Å². The zero-order valence-corrected chi connectivity index (χ0v) is 22.2. The first-order valence-electron chi connectivity index (χ1n) is 12.2. The van der Waals surface area contributed by atoms with E-state index in [4.69, 9.17) is 14.2 Å². The van der Waals surface area contributed by atoms with Crippen molar-refractivity contribution in [2.75, 3.05) is 27.3 Å². The van der Waals surface area contributed by atoms with E-state index in [0.29, 0.717) is 30.9 Å².